The molecule has 0 N–H and O–H groups in total. The fourth-order valence-electron chi connectivity index (χ4n) is 5.05. The Bertz CT molecular complexity index is 1460. The van der Waals surface area contributed by atoms with E-state index in [1.807, 2.05) is 0 Å². The number of hydrogen-bond donors (Lipinski definition) is 0. The molecule has 1 nitrogen and oxygen atoms in total. The third kappa shape index (κ3) is 4.77. The molecule has 0 aromatic heterocycles. The summed E-state index contributed by atoms with van der Waals surface area (Å²) >= 11 is 2.54. The third-order valence-electron chi connectivity index (χ3n) is 6.79. The van der Waals surface area contributed by atoms with Gasteiger partial charge >= 0.3 is 0 Å². The van der Waals surface area contributed by atoms with Crippen molar-refractivity contribution in [2.75, 3.05) is 4.90 Å². The van der Waals surface area contributed by atoms with Crippen molar-refractivity contribution in [3.05, 3.63) is 172 Å². The van der Waals surface area contributed by atoms with Gasteiger partial charge in [0.2, 0.25) is 0 Å². The van der Waals surface area contributed by atoms with Crippen LogP contribution in [0.15, 0.2) is 152 Å². The monoisotopic (exact) mass is 587 g/mol. The van der Waals surface area contributed by atoms with Crippen LogP contribution in [-0.2, 0) is 0 Å². The Morgan fingerprint density at radius 2 is 0.892 bits per heavy atom. The van der Waals surface area contributed by atoms with E-state index in [2.05, 4.69) is 179 Å². The maximum absolute atomic E-state index is 2.54. The van der Waals surface area contributed by atoms with Gasteiger partial charge in [-0.05, 0) is 80.8 Å². The molecule has 0 atom stereocenters. The van der Waals surface area contributed by atoms with E-state index in [4.69, 9.17) is 0 Å². The van der Waals surface area contributed by atoms with E-state index in [1.54, 1.807) is 0 Å². The zero-order valence-corrected chi connectivity index (χ0v) is 22.5. The third-order valence-corrected chi connectivity index (χ3v) is 7.96. The standard InChI is InChI=1S/C35H26IN/c36-35-31(22-13-23-34(35)37(29-18-9-3-10-19-29)30-20-11-4-12-21-30)28-24-32(26-14-5-1-6-15-26)33(25-28)27-16-7-2-8-17-27/h1-25,28H. The largest absolute Gasteiger partial charge is 0.309 e. The van der Waals surface area contributed by atoms with Crippen molar-refractivity contribution in [3.8, 4) is 0 Å². The molecule has 178 valence electrons. The van der Waals surface area contributed by atoms with Crippen LogP contribution >= 0.6 is 22.6 Å². The molecule has 6 rings (SSSR count). The number of halogens is 1. The maximum atomic E-state index is 2.54. The molecule has 1 aliphatic carbocycles. The summed E-state index contributed by atoms with van der Waals surface area (Å²) in [7, 11) is 0. The van der Waals surface area contributed by atoms with Gasteiger partial charge < -0.3 is 4.90 Å². The van der Waals surface area contributed by atoms with E-state index in [-0.39, 0.29) is 5.92 Å². The highest BCUT2D eigenvalue weighted by Gasteiger charge is 2.25. The maximum Gasteiger partial charge on any atom is 0.0598 e. The van der Waals surface area contributed by atoms with Crippen molar-refractivity contribution in [1.82, 2.24) is 0 Å². The molecule has 0 unspecified atom stereocenters. The summed E-state index contributed by atoms with van der Waals surface area (Å²) in [4.78, 5) is 2.35. The Kier molecular flexibility index (Phi) is 6.74. The number of anilines is 3. The topological polar surface area (TPSA) is 3.24 Å². The van der Waals surface area contributed by atoms with Crippen molar-refractivity contribution in [1.29, 1.82) is 0 Å². The Labute approximate surface area is 232 Å². The Morgan fingerprint density at radius 1 is 0.459 bits per heavy atom. The van der Waals surface area contributed by atoms with Gasteiger partial charge in [0.15, 0.2) is 0 Å². The van der Waals surface area contributed by atoms with Gasteiger partial charge in [0.25, 0.3) is 0 Å². The number of rotatable bonds is 6. The summed E-state index contributed by atoms with van der Waals surface area (Å²) in [6.45, 7) is 0. The zero-order valence-electron chi connectivity index (χ0n) is 20.3. The lowest BCUT2D eigenvalue weighted by atomic mass is 9.95. The minimum atomic E-state index is 0.186. The zero-order chi connectivity index (χ0) is 25.0. The molecule has 2 heteroatoms. The highest BCUT2D eigenvalue weighted by atomic mass is 127. The predicted octanol–water partition coefficient (Wildman–Crippen LogP) is 10.0. The predicted molar refractivity (Wildman–Crippen MR) is 165 cm³/mol. The first-order valence-corrected chi connectivity index (χ1v) is 13.6. The number of hydrogen-bond acceptors (Lipinski definition) is 1. The van der Waals surface area contributed by atoms with Crippen LogP contribution in [0.2, 0.25) is 0 Å². The molecule has 0 aliphatic heterocycles. The fraction of sp³-hybridized carbons (Fsp3) is 0.0286. The molecular weight excluding hydrogens is 561 g/mol. The minimum absolute atomic E-state index is 0.186. The minimum Gasteiger partial charge on any atom is -0.309 e. The summed E-state index contributed by atoms with van der Waals surface area (Å²) in [5, 5.41) is 0. The number of benzene rings is 5. The smallest absolute Gasteiger partial charge is 0.0598 e. The average Bonchev–Trinajstić information content (AvgIpc) is 3.42. The van der Waals surface area contributed by atoms with E-state index < -0.39 is 0 Å². The van der Waals surface area contributed by atoms with Gasteiger partial charge in [0, 0.05) is 20.9 Å². The van der Waals surface area contributed by atoms with E-state index >= 15 is 0 Å². The van der Waals surface area contributed by atoms with E-state index in [0.29, 0.717) is 0 Å². The lowest BCUT2D eigenvalue weighted by Crippen LogP contribution is -2.12. The van der Waals surface area contributed by atoms with Gasteiger partial charge in [-0.2, -0.15) is 0 Å². The highest BCUT2D eigenvalue weighted by Crippen LogP contribution is 2.45. The summed E-state index contributed by atoms with van der Waals surface area (Å²) in [6, 6.07) is 49.4. The van der Waals surface area contributed by atoms with Gasteiger partial charge in [-0.15, -0.1) is 0 Å². The van der Waals surface area contributed by atoms with Crippen LogP contribution in [0.3, 0.4) is 0 Å². The molecule has 0 bridgehead atoms. The van der Waals surface area contributed by atoms with Crippen LogP contribution in [0.4, 0.5) is 17.1 Å². The van der Waals surface area contributed by atoms with Gasteiger partial charge in [-0.25, -0.2) is 0 Å². The highest BCUT2D eigenvalue weighted by molar-refractivity contribution is 14.1. The molecule has 0 fully saturated rings. The first-order chi connectivity index (χ1) is 18.3. The lowest BCUT2D eigenvalue weighted by Gasteiger charge is -2.27. The van der Waals surface area contributed by atoms with Crippen LogP contribution in [0, 0.1) is 3.57 Å². The molecule has 0 saturated heterocycles. The summed E-state index contributed by atoms with van der Waals surface area (Å²) < 4.78 is 1.26. The second-order valence-corrected chi connectivity index (χ2v) is 10.2. The normalized spacial score (nSPS) is 13.2. The molecule has 37 heavy (non-hydrogen) atoms. The number of para-hydroxylation sites is 2. The van der Waals surface area contributed by atoms with Crippen molar-refractivity contribution < 1.29 is 0 Å². The number of nitrogens with zero attached hydrogens (tertiary/aromatic N) is 1. The Hall–Kier alpha value is -3.89. The van der Waals surface area contributed by atoms with Crippen molar-refractivity contribution in [3.63, 3.8) is 0 Å². The molecule has 1 aliphatic rings. The van der Waals surface area contributed by atoms with Gasteiger partial charge in [-0.3, -0.25) is 0 Å². The second kappa shape index (κ2) is 10.6. The van der Waals surface area contributed by atoms with Crippen molar-refractivity contribution >= 4 is 50.8 Å². The molecular formula is C35H26IN. The van der Waals surface area contributed by atoms with E-state index in [1.165, 1.54) is 37.1 Å². The Balaban J connectivity index is 1.48. The van der Waals surface area contributed by atoms with Crippen molar-refractivity contribution in [2.45, 2.75) is 5.92 Å². The van der Waals surface area contributed by atoms with E-state index in [0.717, 1.165) is 11.4 Å². The van der Waals surface area contributed by atoms with Crippen LogP contribution in [0.5, 0.6) is 0 Å². The van der Waals surface area contributed by atoms with Crippen molar-refractivity contribution in [2.24, 2.45) is 0 Å². The molecule has 0 spiro atoms. The Morgan fingerprint density at radius 3 is 1.35 bits per heavy atom. The molecule has 0 amide bonds. The summed E-state index contributed by atoms with van der Waals surface area (Å²) in [5.41, 5.74) is 9.89. The van der Waals surface area contributed by atoms with Gasteiger partial charge in [0.1, 0.15) is 0 Å². The molecule has 5 aromatic carbocycles. The SMILES string of the molecule is Ic1c(C2C=C(c3ccccc3)C(c3ccccc3)=C2)cccc1N(c1ccccc1)c1ccccc1. The molecule has 5 aromatic rings. The van der Waals surface area contributed by atoms with Crippen LogP contribution in [0.1, 0.15) is 22.6 Å². The fourth-order valence-corrected chi connectivity index (χ4v) is 6.01. The first kappa shape index (κ1) is 23.5. The second-order valence-electron chi connectivity index (χ2n) is 9.11. The van der Waals surface area contributed by atoms with Gasteiger partial charge in [-0.1, -0.05) is 121 Å². The molecule has 0 heterocycles. The van der Waals surface area contributed by atoms with Crippen LogP contribution in [-0.4, -0.2) is 0 Å². The first-order valence-electron chi connectivity index (χ1n) is 12.5. The molecule has 0 saturated carbocycles. The number of allylic oxidation sites excluding steroid dienone is 4. The molecule has 0 radical (unpaired) electrons. The van der Waals surface area contributed by atoms with Gasteiger partial charge in [0.05, 0.1) is 5.69 Å². The summed E-state index contributed by atoms with van der Waals surface area (Å²) in [6.07, 6.45) is 4.85. The summed E-state index contributed by atoms with van der Waals surface area (Å²) in [5.74, 6) is 0.186. The van der Waals surface area contributed by atoms with E-state index in [9.17, 15) is 0 Å². The van der Waals surface area contributed by atoms with Crippen LogP contribution < -0.4 is 4.90 Å². The average molecular weight is 588 g/mol. The lowest BCUT2D eigenvalue weighted by molar-refractivity contribution is 1.08. The quantitative estimate of drug-likeness (QED) is 0.179. The van der Waals surface area contributed by atoms with Crippen LogP contribution in [0.25, 0.3) is 11.1 Å².